The number of fused-ring (bicyclic) bond motifs is 1. The van der Waals surface area contributed by atoms with Crippen LogP contribution in [0.5, 0.6) is 0 Å². The first-order valence-electron chi connectivity index (χ1n) is 6.66. The Bertz CT molecular complexity index is 818. The number of pyridine rings is 1. The van der Waals surface area contributed by atoms with Crippen LogP contribution >= 0.6 is 11.8 Å². The summed E-state index contributed by atoms with van der Waals surface area (Å²) in [6.07, 6.45) is 1.99. The molecule has 3 aromatic rings. The summed E-state index contributed by atoms with van der Waals surface area (Å²) in [4.78, 5) is 16.1. The van der Waals surface area contributed by atoms with Gasteiger partial charge in [0.2, 0.25) is 0 Å². The topological polar surface area (TPSA) is 80.0 Å². The highest BCUT2D eigenvalue weighted by Crippen LogP contribution is 2.28. The van der Waals surface area contributed by atoms with Crippen LogP contribution in [0.1, 0.15) is 12.6 Å². The minimum absolute atomic E-state index is 0.227. The first-order valence-corrected chi connectivity index (χ1v) is 7.48. The van der Waals surface area contributed by atoms with Gasteiger partial charge < -0.3 is 9.72 Å². The van der Waals surface area contributed by atoms with Gasteiger partial charge in [0.15, 0.2) is 5.16 Å². The van der Waals surface area contributed by atoms with Crippen molar-refractivity contribution in [3.63, 3.8) is 0 Å². The lowest BCUT2D eigenvalue weighted by molar-refractivity contribution is 0.693. The second kappa shape index (κ2) is 5.74. The Morgan fingerprint density at radius 1 is 1.43 bits per heavy atom. The lowest BCUT2D eigenvalue weighted by atomic mass is 10.4. The average Bonchev–Trinajstić information content (AvgIpc) is 3.00. The second-order valence-electron chi connectivity index (χ2n) is 4.55. The molecule has 2 N–H and O–H groups in total. The summed E-state index contributed by atoms with van der Waals surface area (Å²) in [7, 11) is 1.69. The molecule has 0 aliphatic rings. The Kier molecular flexibility index (Phi) is 3.80. The maximum Gasteiger partial charge on any atom is 0.343 e. The van der Waals surface area contributed by atoms with Crippen LogP contribution in [0, 0.1) is 0 Å². The number of nitrogens with zero attached hydrogens (tertiary/aromatic N) is 4. The summed E-state index contributed by atoms with van der Waals surface area (Å²) < 4.78 is 3.53. The molecule has 0 atom stereocenters. The summed E-state index contributed by atoms with van der Waals surface area (Å²) in [5, 5.41) is 11.2. The lowest BCUT2D eigenvalue weighted by Crippen LogP contribution is -2.14. The second-order valence-corrected chi connectivity index (χ2v) is 5.50. The molecule has 0 aliphatic heterocycles. The van der Waals surface area contributed by atoms with Crippen LogP contribution in [0.4, 0.5) is 0 Å². The molecule has 0 radical (unpaired) electrons. The van der Waals surface area contributed by atoms with Crippen LogP contribution in [-0.4, -0.2) is 30.7 Å². The van der Waals surface area contributed by atoms with Crippen LogP contribution in [0.25, 0.3) is 5.65 Å². The largest absolute Gasteiger partial charge is 0.343 e. The minimum atomic E-state index is -0.227. The van der Waals surface area contributed by atoms with Gasteiger partial charge >= 0.3 is 5.69 Å². The summed E-state index contributed by atoms with van der Waals surface area (Å²) >= 11 is 1.39. The third-order valence-corrected chi connectivity index (χ3v) is 4.23. The monoisotopic (exact) mass is 304 g/mol. The van der Waals surface area contributed by atoms with Crippen molar-refractivity contribution in [2.75, 3.05) is 6.54 Å². The molecule has 21 heavy (non-hydrogen) atoms. The molecule has 7 nitrogen and oxygen atoms in total. The molecule has 110 valence electrons. The first-order chi connectivity index (χ1) is 10.2. The molecule has 0 bridgehead atoms. The van der Waals surface area contributed by atoms with Crippen LogP contribution in [0.15, 0.2) is 39.4 Å². The van der Waals surface area contributed by atoms with Crippen LogP contribution in [0.3, 0.4) is 0 Å². The van der Waals surface area contributed by atoms with Crippen LogP contribution in [0.2, 0.25) is 0 Å². The fourth-order valence-electron chi connectivity index (χ4n) is 2.02. The van der Waals surface area contributed by atoms with Gasteiger partial charge in [-0.15, -0.1) is 5.10 Å². The Balaban J connectivity index is 2.04. The van der Waals surface area contributed by atoms with E-state index in [1.165, 1.54) is 16.3 Å². The molecular weight excluding hydrogens is 288 g/mol. The van der Waals surface area contributed by atoms with Crippen molar-refractivity contribution in [3.05, 3.63) is 40.6 Å². The predicted molar refractivity (Wildman–Crippen MR) is 80.5 cm³/mol. The molecule has 0 aliphatic carbocycles. The molecule has 3 rings (SSSR count). The summed E-state index contributed by atoms with van der Waals surface area (Å²) in [6.45, 7) is 3.65. The van der Waals surface area contributed by atoms with Crippen molar-refractivity contribution in [3.8, 4) is 0 Å². The van der Waals surface area contributed by atoms with Crippen molar-refractivity contribution >= 4 is 17.4 Å². The maximum absolute atomic E-state index is 11.5. The number of H-pyrrole nitrogens is 1. The number of hydrogen-bond acceptors (Lipinski definition) is 5. The van der Waals surface area contributed by atoms with Gasteiger partial charge in [0, 0.05) is 19.8 Å². The van der Waals surface area contributed by atoms with E-state index in [0.717, 1.165) is 22.9 Å². The van der Waals surface area contributed by atoms with Gasteiger partial charge in [-0.1, -0.05) is 13.0 Å². The van der Waals surface area contributed by atoms with Gasteiger partial charge in [0.25, 0.3) is 0 Å². The minimum Gasteiger partial charge on any atom is -0.311 e. The van der Waals surface area contributed by atoms with E-state index in [4.69, 9.17) is 0 Å². The summed E-state index contributed by atoms with van der Waals surface area (Å²) in [5.74, 6) is 0. The fourth-order valence-corrected chi connectivity index (χ4v) is 2.93. The first kappa shape index (κ1) is 13.9. The summed E-state index contributed by atoms with van der Waals surface area (Å²) in [6, 6.07) is 5.89. The molecule has 0 fully saturated rings. The number of imidazole rings is 1. The highest BCUT2D eigenvalue weighted by atomic mass is 32.2. The highest BCUT2D eigenvalue weighted by molar-refractivity contribution is 7.99. The van der Waals surface area contributed by atoms with Crippen molar-refractivity contribution in [1.82, 2.24) is 29.5 Å². The zero-order valence-corrected chi connectivity index (χ0v) is 12.6. The molecule has 8 heteroatoms. The Hall–Kier alpha value is -2.06. The van der Waals surface area contributed by atoms with E-state index in [1.807, 2.05) is 24.4 Å². The SMILES string of the molecule is CCNCc1c(Sc2n[nH]c(=O)n2C)nc2ccccn12. The van der Waals surface area contributed by atoms with Gasteiger partial charge in [-0.25, -0.2) is 14.9 Å². The van der Waals surface area contributed by atoms with Gasteiger partial charge in [0.05, 0.1) is 5.69 Å². The average molecular weight is 304 g/mol. The van der Waals surface area contributed by atoms with Crippen molar-refractivity contribution in [1.29, 1.82) is 0 Å². The van der Waals surface area contributed by atoms with Crippen molar-refractivity contribution < 1.29 is 0 Å². The molecule has 0 saturated heterocycles. The molecule has 0 spiro atoms. The Morgan fingerprint density at radius 3 is 3.00 bits per heavy atom. The third kappa shape index (κ3) is 2.59. The zero-order chi connectivity index (χ0) is 14.8. The zero-order valence-electron chi connectivity index (χ0n) is 11.8. The van der Waals surface area contributed by atoms with Gasteiger partial charge in [-0.2, -0.15) is 0 Å². The number of rotatable bonds is 5. The molecule has 0 saturated carbocycles. The maximum atomic E-state index is 11.5. The highest BCUT2D eigenvalue weighted by Gasteiger charge is 2.15. The molecule has 3 heterocycles. The van der Waals surface area contributed by atoms with E-state index >= 15 is 0 Å². The number of aromatic amines is 1. The molecular formula is C13H16N6OS. The van der Waals surface area contributed by atoms with Crippen LogP contribution in [-0.2, 0) is 13.6 Å². The van der Waals surface area contributed by atoms with Gasteiger partial charge in [-0.3, -0.25) is 4.57 Å². The Labute approximate surface area is 125 Å². The molecule has 0 aromatic carbocycles. The van der Waals surface area contributed by atoms with E-state index in [-0.39, 0.29) is 5.69 Å². The van der Waals surface area contributed by atoms with Crippen molar-refractivity contribution in [2.45, 2.75) is 23.7 Å². The third-order valence-electron chi connectivity index (χ3n) is 3.16. The predicted octanol–water partition coefficient (Wildman–Crippen LogP) is 1.02. The summed E-state index contributed by atoms with van der Waals surface area (Å²) in [5.41, 5.74) is 1.72. The van der Waals surface area contributed by atoms with Crippen LogP contribution < -0.4 is 11.0 Å². The van der Waals surface area contributed by atoms with Gasteiger partial charge in [0.1, 0.15) is 10.7 Å². The number of nitrogens with one attached hydrogen (secondary N) is 2. The Morgan fingerprint density at radius 2 is 2.29 bits per heavy atom. The normalized spacial score (nSPS) is 11.3. The van der Waals surface area contributed by atoms with E-state index < -0.39 is 0 Å². The smallest absolute Gasteiger partial charge is 0.311 e. The standard InChI is InChI=1S/C13H16N6OS/c1-3-14-8-9-11(15-10-6-4-5-7-19(9)10)21-13-17-16-12(20)18(13)2/h4-7,14H,3,8H2,1-2H3,(H,16,20). The number of hydrogen-bond donors (Lipinski definition) is 2. The molecule has 3 aromatic heterocycles. The molecule has 0 amide bonds. The van der Waals surface area contributed by atoms with E-state index in [0.29, 0.717) is 11.7 Å². The lowest BCUT2D eigenvalue weighted by Gasteiger charge is -2.04. The fraction of sp³-hybridized carbons (Fsp3) is 0.308. The van der Waals surface area contributed by atoms with E-state index in [9.17, 15) is 4.79 Å². The molecule has 0 unspecified atom stereocenters. The number of aromatic nitrogens is 5. The van der Waals surface area contributed by atoms with Gasteiger partial charge in [-0.05, 0) is 30.4 Å². The van der Waals surface area contributed by atoms with Crippen molar-refractivity contribution in [2.24, 2.45) is 7.05 Å². The van der Waals surface area contributed by atoms with E-state index in [2.05, 4.69) is 31.8 Å². The van der Waals surface area contributed by atoms with E-state index in [1.54, 1.807) is 7.05 Å². The quantitative estimate of drug-likeness (QED) is 0.735.